The second-order valence-corrected chi connectivity index (χ2v) is 7.32. The number of hydrogen-bond donors (Lipinski definition) is 1. The Morgan fingerprint density at radius 2 is 1.97 bits per heavy atom. The van der Waals surface area contributed by atoms with Crippen LogP contribution in [-0.2, 0) is 13.0 Å². The van der Waals surface area contributed by atoms with Gasteiger partial charge >= 0.3 is 0 Å². The third kappa shape index (κ3) is 4.92. The maximum absolute atomic E-state index is 13.0. The van der Waals surface area contributed by atoms with Gasteiger partial charge in [-0.3, -0.25) is 9.78 Å². The highest BCUT2D eigenvalue weighted by Gasteiger charge is 2.17. The Morgan fingerprint density at radius 1 is 1.10 bits per heavy atom. The zero-order valence-electron chi connectivity index (χ0n) is 17.0. The molecule has 6 nitrogen and oxygen atoms in total. The monoisotopic (exact) mass is 432 g/mol. The highest BCUT2D eigenvalue weighted by molar-refractivity contribution is 6.30. The third-order valence-corrected chi connectivity index (χ3v) is 4.96. The van der Waals surface area contributed by atoms with Crippen LogP contribution >= 0.6 is 11.6 Å². The first-order valence-corrected chi connectivity index (χ1v) is 10.3. The SMILES string of the molecule is CCc1c(C(=O)Nc2cccc(OCc3cccnc3)c2)cnn1-c1cccc(Cl)c1. The number of amides is 1. The summed E-state index contributed by atoms with van der Waals surface area (Å²) in [4.78, 5) is 17.0. The van der Waals surface area contributed by atoms with Gasteiger partial charge in [-0.2, -0.15) is 5.10 Å². The fourth-order valence-corrected chi connectivity index (χ4v) is 3.43. The van der Waals surface area contributed by atoms with Crippen LogP contribution in [0.2, 0.25) is 5.02 Å². The average Bonchev–Trinajstić information content (AvgIpc) is 3.23. The number of carbonyl (C=O) groups excluding carboxylic acids is 1. The van der Waals surface area contributed by atoms with Crippen LogP contribution in [0.25, 0.3) is 5.69 Å². The average molecular weight is 433 g/mol. The first kappa shape index (κ1) is 20.6. The summed E-state index contributed by atoms with van der Waals surface area (Å²) in [6.07, 6.45) is 5.70. The van der Waals surface area contributed by atoms with E-state index in [1.807, 2.05) is 55.5 Å². The zero-order chi connectivity index (χ0) is 21.6. The number of nitrogens with zero attached hydrogens (tertiary/aromatic N) is 3. The van der Waals surface area contributed by atoms with Crippen molar-refractivity contribution in [3.05, 3.63) is 101 Å². The molecule has 0 saturated carbocycles. The molecule has 156 valence electrons. The van der Waals surface area contributed by atoms with E-state index in [0.717, 1.165) is 16.9 Å². The minimum atomic E-state index is -0.227. The summed E-state index contributed by atoms with van der Waals surface area (Å²) >= 11 is 6.11. The molecular formula is C24H21ClN4O2. The molecule has 0 aliphatic carbocycles. The molecule has 1 amide bonds. The molecule has 1 N–H and O–H groups in total. The highest BCUT2D eigenvalue weighted by atomic mass is 35.5. The lowest BCUT2D eigenvalue weighted by Crippen LogP contribution is -2.14. The summed E-state index contributed by atoms with van der Waals surface area (Å²) in [6, 6.07) is 18.5. The van der Waals surface area contributed by atoms with Crippen LogP contribution in [0.15, 0.2) is 79.3 Å². The Bertz CT molecular complexity index is 1190. The molecule has 0 saturated heterocycles. The Hall–Kier alpha value is -3.64. The van der Waals surface area contributed by atoms with Gasteiger partial charge in [-0.25, -0.2) is 4.68 Å². The molecule has 0 aliphatic heterocycles. The summed E-state index contributed by atoms with van der Waals surface area (Å²) in [5, 5.41) is 7.96. The minimum Gasteiger partial charge on any atom is -0.489 e. The lowest BCUT2D eigenvalue weighted by atomic mass is 10.1. The molecule has 0 spiro atoms. The fraction of sp³-hybridized carbons (Fsp3) is 0.125. The lowest BCUT2D eigenvalue weighted by Gasteiger charge is -2.10. The summed E-state index contributed by atoms with van der Waals surface area (Å²) in [7, 11) is 0. The molecule has 2 heterocycles. The molecule has 4 rings (SSSR count). The number of anilines is 1. The maximum atomic E-state index is 13.0. The van der Waals surface area contributed by atoms with Crippen molar-refractivity contribution < 1.29 is 9.53 Å². The van der Waals surface area contributed by atoms with Gasteiger partial charge in [0, 0.05) is 34.7 Å². The van der Waals surface area contributed by atoms with Crippen molar-refractivity contribution in [3.63, 3.8) is 0 Å². The van der Waals surface area contributed by atoms with Gasteiger partial charge in [-0.15, -0.1) is 0 Å². The maximum Gasteiger partial charge on any atom is 0.259 e. The Morgan fingerprint density at radius 3 is 2.74 bits per heavy atom. The number of carbonyl (C=O) groups is 1. The van der Waals surface area contributed by atoms with Gasteiger partial charge in [0.05, 0.1) is 23.1 Å². The van der Waals surface area contributed by atoms with E-state index in [1.54, 1.807) is 35.4 Å². The zero-order valence-corrected chi connectivity index (χ0v) is 17.7. The number of hydrogen-bond acceptors (Lipinski definition) is 4. The summed E-state index contributed by atoms with van der Waals surface area (Å²) < 4.78 is 7.56. The molecule has 0 atom stereocenters. The van der Waals surface area contributed by atoms with Gasteiger partial charge in [0.25, 0.3) is 5.91 Å². The van der Waals surface area contributed by atoms with Crippen LogP contribution < -0.4 is 10.1 Å². The number of ether oxygens (including phenoxy) is 1. The van der Waals surface area contributed by atoms with Crippen LogP contribution in [0, 0.1) is 0 Å². The summed E-state index contributed by atoms with van der Waals surface area (Å²) in [5.41, 5.74) is 3.76. The number of benzene rings is 2. The van der Waals surface area contributed by atoms with Gasteiger partial charge in [0.15, 0.2) is 0 Å². The summed E-state index contributed by atoms with van der Waals surface area (Å²) in [6.45, 7) is 2.39. The largest absolute Gasteiger partial charge is 0.489 e. The first-order valence-electron chi connectivity index (χ1n) is 9.90. The third-order valence-electron chi connectivity index (χ3n) is 4.72. The van der Waals surface area contributed by atoms with Crippen molar-refractivity contribution >= 4 is 23.2 Å². The molecule has 0 fully saturated rings. The standard InChI is InChI=1S/C24H21ClN4O2/c1-2-23-22(15-27-29(23)20-9-3-7-18(25)12-20)24(30)28-19-8-4-10-21(13-19)31-16-17-6-5-11-26-14-17/h3-15H,2,16H2,1H3,(H,28,30). The normalized spacial score (nSPS) is 10.6. The second-order valence-electron chi connectivity index (χ2n) is 6.88. The number of pyridine rings is 1. The quantitative estimate of drug-likeness (QED) is 0.429. The van der Waals surface area contributed by atoms with Crippen molar-refractivity contribution in [2.75, 3.05) is 5.32 Å². The van der Waals surface area contributed by atoms with Crippen molar-refractivity contribution in [1.82, 2.24) is 14.8 Å². The van der Waals surface area contributed by atoms with E-state index in [0.29, 0.717) is 35.1 Å². The second kappa shape index (κ2) is 9.45. The Balaban J connectivity index is 1.50. The fourth-order valence-electron chi connectivity index (χ4n) is 3.25. The van der Waals surface area contributed by atoms with E-state index in [9.17, 15) is 4.79 Å². The Kier molecular flexibility index (Phi) is 6.29. The topological polar surface area (TPSA) is 69.0 Å². The van der Waals surface area contributed by atoms with Crippen molar-refractivity contribution in [3.8, 4) is 11.4 Å². The van der Waals surface area contributed by atoms with E-state index in [2.05, 4.69) is 15.4 Å². The van der Waals surface area contributed by atoms with E-state index in [1.165, 1.54) is 0 Å². The predicted octanol–water partition coefficient (Wildman–Crippen LogP) is 5.31. The van der Waals surface area contributed by atoms with Crippen LogP contribution in [0.4, 0.5) is 5.69 Å². The van der Waals surface area contributed by atoms with Gasteiger partial charge in [0.1, 0.15) is 12.4 Å². The van der Waals surface area contributed by atoms with Gasteiger partial charge in [0.2, 0.25) is 0 Å². The van der Waals surface area contributed by atoms with E-state index >= 15 is 0 Å². The number of nitrogens with one attached hydrogen (secondary N) is 1. The van der Waals surface area contributed by atoms with Crippen LogP contribution in [0.3, 0.4) is 0 Å². The van der Waals surface area contributed by atoms with Crippen LogP contribution in [0.1, 0.15) is 28.5 Å². The molecule has 2 aromatic heterocycles. The number of aromatic nitrogens is 3. The minimum absolute atomic E-state index is 0.227. The predicted molar refractivity (Wildman–Crippen MR) is 121 cm³/mol. The first-order chi connectivity index (χ1) is 15.1. The molecule has 2 aromatic carbocycles. The molecule has 31 heavy (non-hydrogen) atoms. The van der Waals surface area contributed by atoms with E-state index in [4.69, 9.17) is 16.3 Å². The van der Waals surface area contributed by atoms with Crippen LogP contribution in [-0.4, -0.2) is 20.7 Å². The molecule has 0 bridgehead atoms. The van der Waals surface area contributed by atoms with E-state index in [-0.39, 0.29) is 5.91 Å². The highest BCUT2D eigenvalue weighted by Crippen LogP contribution is 2.22. The molecule has 0 radical (unpaired) electrons. The number of rotatable bonds is 7. The van der Waals surface area contributed by atoms with Gasteiger partial charge in [-0.05, 0) is 42.8 Å². The van der Waals surface area contributed by atoms with Gasteiger partial charge in [-0.1, -0.05) is 36.7 Å². The molecule has 7 heteroatoms. The van der Waals surface area contributed by atoms with Crippen molar-refractivity contribution in [1.29, 1.82) is 0 Å². The molecule has 4 aromatic rings. The molecular weight excluding hydrogens is 412 g/mol. The Labute approximate surface area is 185 Å². The van der Waals surface area contributed by atoms with Crippen LogP contribution in [0.5, 0.6) is 5.75 Å². The van der Waals surface area contributed by atoms with E-state index < -0.39 is 0 Å². The summed E-state index contributed by atoms with van der Waals surface area (Å²) in [5.74, 6) is 0.432. The van der Waals surface area contributed by atoms with Crippen molar-refractivity contribution in [2.24, 2.45) is 0 Å². The number of halogens is 1. The lowest BCUT2D eigenvalue weighted by molar-refractivity contribution is 0.102. The smallest absolute Gasteiger partial charge is 0.259 e. The van der Waals surface area contributed by atoms with Gasteiger partial charge < -0.3 is 10.1 Å². The van der Waals surface area contributed by atoms with Crippen molar-refractivity contribution in [2.45, 2.75) is 20.0 Å². The molecule has 0 unspecified atom stereocenters. The molecule has 0 aliphatic rings.